The number of anilines is 1. The standard InChI is InChI=1S/C24H33N3O3S/c1-17(29)25-24-22(20-8-3-4-9-21(20)31-24)23(18-6-5-7-19(16-18)30-2)27-12-10-26(11-13-27)14-15-28/h5-7,16,23,28H,3-4,8-15H2,1-2H3,(H,25,29). The third kappa shape index (κ3) is 4.95. The first-order valence-corrected chi connectivity index (χ1v) is 12.1. The van der Waals surface area contributed by atoms with Crippen LogP contribution in [0.15, 0.2) is 24.3 Å². The summed E-state index contributed by atoms with van der Waals surface area (Å²) >= 11 is 1.76. The summed E-state index contributed by atoms with van der Waals surface area (Å²) in [4.78, 5) is 18.3. The number of piperazine rings is 1. The van der Waals surface area contributed by atoms with Gasteiger partial charge in [-0.15, -0.1) is 11.3 Å². The maximum atomic E-state index is 12.1. The van der Waals surface area contributed by atoms with E-state index in [0.29, 0.717) is 0 Å². The predicted octanol–water partition coefficient (Wildman–Crippen LogP) is 3.29. The molecule has 0 saturated carbocycles. The minimum atomic E-state index is -0.0167. The quantitative estimate of drug-likeness (QED) is 0.688. The van der Waals surface area contributed by atoms with Crippen LogP contribution in [0.4, 0.5) is 5.00 Å². The Balaban J connectivity index is 1.78. The molecule has 1 amide bonds. The van der Waals surface area contributed by atoms with E-state index in [1.807, 2.05) is 6.07 Å². The number of carbonyl (C=O) groups is 1. The molecule has 4 rings (SSSR count). The van der Waals surface area contributed by atoms with E-state index in [4.69, 9.17) is 4.74 Å². The van der Waals surface area contributed by atoms with Crippen molar-refractivity contribution in [1.82, 2.24) is 9.80 Å². The Morgan fingerprint density at radius 2 is 2.00 bits per heavy atom. The van der Waals surface area contributed by atoms with Gasteiger partial charge in [-0.05, 0) is 48.9 Å². The van der Waals surface area contributed by atoms with Gasteiger partial charge in [0.15, 0.2) is 0 Å². The van der Waals surface area contributed by atoms with Crippen LogP contribution in [0.5, 0.6) is 5.75 Å². The van der Waals surface area contributed by atoms with Crippen molar-refractivity contribution < 1.29 is 14.6 Å². The molecule has 2 aliphatic rings. The van der Waals surface area contributed by atoms with Crippen LogP contribution < -0.4 is 10.1 Å². The van der Waals surface area contributed by atoms with Gasteiger partial charge in [0.05, 0.1) is 19.8 Å². The van der Waals surface area contributed by atoms with Crippen LogP contribution in [-0.4, -0.2) is 67.3 Å². The van der Waals surface area contributed by atoms with Gasteiger partial charge in [-0.2, -0.15) is 0 Å². The molecule has 7 heteroatoms. The molecule has 31 heavy (non-hydrogen) atoms. The molecular formula is C24H33N3O3S. The number of benzene rings is 1. The number of fused-ring (bicyclic) bond motifs is 1. The number of hydrogen-bond donors (Lipinski definition) is 2. The summed E-state index contributed by atoms with van der Waals surface area (Å²) in [6.45, 7) is 6.23. The number of rotatable bonds is 7. The summed E-state index contributed by atoms with van der Waals surface area (Å²) in [6.07, 6.45) is 4.59. The molecule has 0 bridgehead atoms. The second-order valence-corrected chi connectivity index (χ2v) is 9.52. The number of thiophene rings is 1. The minimum Gasteiger partial charge on any atom is -0.497 e. The van der Waals surface area contributed by atoms with E-state index in [-0.39, 0.29) is 18.6 Å². The molecule has 1 aromatic heterocycles. The summed E-state index contributed by atoms with van der Waals surface area (Å²) < 4.78 is 5.54. The van der Waals surface area contributed by atoms with E-state index in [9.17, 15) is 9.90 Å². The number of carbonyl (C=O) groups excluding carboxylic acids is 1. The monoisotopic (exact) mass is 443 g/mol. The van der Waals surface area contributed by atoms with E-state index in [1.165, 1.54) is 34.4 Å². The predicted molar refractivity (Wildman–Crippen MR) is 125 cm³/mol. The van der Waals surface area contributed by atoms with Gasteiger partial charge in [-0.1, -0.05) is 12.1 Å². The van der Waals surface area contributed by atoms with Crippen molar-refractivity contribution in [2.75, 3.05) is 51.8 Å². The molecular weight excluding hydrogens is 410 g/mol. The maximum absolute atomic E-state index is 12.1. The van der Waals surface area contributed by atoms with Crippen molar-refractivity contribution in [3.63, 3.8) is 0 Å². The molecule has 1 saturated heterocycles. The summed E-state index contributed by atoms with van der Waals surface area (Å²) in [6, 6.07) is 8.43. The van der Waals surface area contributed by atoms with Gasteiger partial charge in [0.1, 0.15) is 10.8 Å². The van der Waals surface area contributed by atoms with Gasteiger partial charge in [-0.25, -0.2) is 0 Å². The van der Waals surface area contributed by atoms with Crippen molar-refractivity contribution in [2.24, 2.45) is 0 Å². The number of amides is 1. The number of nitrogens with one attached hydrogen (secondary N) is 1. The maximum Gasteiger partial charge on any atom is 0.221 e. The molecule has 1 atom stereocenters. The van der Waals surface area contributed by atoms with E-state index in [1.54, 1.807) is 25.4 Å². The van der Waals surface area contributed by atoms with Crippen molar-refractivity contribution in [3.05, 3.63) is 45.8 Å². The Kier molecular flexibility index (Phi) is 7.27. The number of nitrogens with zero attached hydrogens (tertiary/aromatic N) is 2. The Hall–Kier alpha value is -1.93. The Labute approximate surface area is 188 Å². The molecule has 6 nitrogen and oxygen atoms in total. The highest BCUT2D eigenvalue weighted by Crippen LogP contribution is 2.46. The highest BCUT2D eigenvalue weighted by Gasteiger charge is 2.33. The van der Waals surface area contributed by atoms with E-state index >= 15 is 0 Å². The molecule has 1 aliphatic carbocycles. The van der Waals surface area contributed by atoms with Crippen molar-refractivity contribution in [2.45, 2.75) is 38.6 Å². The first kappa shape index (κ1) is 22.3. The molecule has 0 radical (unpaired) electrons. The van der Waals surface area contributed by atoms with Crippen LogP contribution in [-0.2, 0) is 17.6 Å². The van der Waals surface area contributed by atoms with Crippen LogP contribution >= 0.6 is 11.3 Å². The second kappa shape index (κ2) is 10.1. The minimum absolute atomic E-state index is 0.0167. The molecule has 2 heterocycles. The van der Waals surface area contributed by atoms with E-state index < -0.39 is 0 Å². The van der Waals surface area contributed by atoms with Crippen LogP contribution in [0.25, 0.3) is 0 Å². The van der Waals surface area contributed by atoms with Gasteiger partial charge >= 0.3 is 0 Å². The number of aliphatic hydroxyl groups excluding tert-OH is 1. The molecule has 2 aromatic rings. The van der Waals surface area contributed by atoms with E-state index in [2.05, 4.69) is 33.3 Å². The third-order valence-corrected chi connectivity index (χ3v) is 7.60. The number of hydrogen-bond acceptors (Lipinski definition) is 6. The van der Waals surface area contributed by atoms with Gasteiger partial charge in [0, 0.05) is 50.1 Å². The fourth-order valence-electron chi connectivity index (χ4n) is 4.89. The molecule has 0 spiro atoms. The number of aryl methyl sites for hydroxylation is 1. The zero-order chi connectivity index (χ0) is 21.8. The highest BCUT2D eigenvalue weighted by molar-refractivity contribution is 7.16. The summed E-state index contributed by atoms with van der Waals surface area (Å²) in [7, 11) is 1.71. The molecule has 1 aliphatic heterocycles. The van der Waals surface area contributed by atoms with Crippen LogP contribution in [0.1, 0.15) is 47.4 Å². The highest BCUT2D eigenvalue weighted by atomic mass is 32.1. The lowest BCUT2D eigenvalue weighted by Gasteiger charge is -2.40. The zero-order valence-electron chi connectivity index (χ0n) is 18.5. The second-order valence-electron chi connectivity index (χ2n) is 8.42. The summed E-state index contributed by atoms with van der Waals surface area (Å²) in [5.74, 6) is 0.837. The summed E-state index contributed by atoms with van der Waals surface area (Å²) in [5.41, 5.74) is 3.91. The Morgan fingerprint density at radius 3 is 2.71 bits per heavy atom. The zero-order valence-corrected chi connectivity index (χ0v) is 19.3. The summed E-state index contributed by atoms with van der Waals surface area (Å²) in [5, 5.41) is 13.5. The lowest BCUT2D eigenvalue weighted by molar-refractivity contribution is -0.114. The van der Waals surface area contributed by atoms with E-state index in [0.717, 1.165) is 56.3 Å². The fraction of sp³-hybridized carbons (Fsp3) is 0.542. The van der Waals surface area contributed by atoms with Crippen molar-refractivity contribution in [1.29, 1.82) is 0 Å². The number of methoxy groups -OCH3 is 1. The average molecular weight is 444 g/mol. The molecule has 1 aromatic carbocycles. The molecule has 1 fully saturated rings. The smallest absolute Gasteiger partial charge is 0.221 e. The molecule has 168 valence electrons. The normalized spacial score (nSPS) is 18.4. The Bertz CT molecular complexity index is 905. The van der Waals surface area contributed by atoms with Crippen LogP contribution in [0.2, 0.25) is 0 Å². The molecule has 1 unspecified atom stereocenters. The van der Waals surface area contributed by atoms with Crippen molar-refractivity contribution >= 4 is 22.2 Å². The number of β-amino-alcohol motifs (C(OH)–C–C–N with tert-alkyl or cyclic N) is 1. The van der Waals surface area contributed by atoms with Crippen LogP contribution in [0.3, 0.4) is 0 Å². The number of ether oxygens (including phenoxy) is 1. The first-order chi connectivity index (χ1) is 15.1. The molecule has 2 N–H and O–H groups in total. The average Bonchev–Trinajstić information content (AvgIpc) is 3.12. The van der Waals surface area contributed by atoms with Gasteiger partial charge in [-0.3, -0.25) is 14.6 Å². The van der Waals surface area contributed by atoms with Gasteiger partial charge < -0.3 is 15.2 Å². The third-order valence-electron chi connectivity index (χ3n) is 6.37. The van der Waals surface area contributed by atoms with Crippen LogP contribution in [0, 0.1) is 0 Å². The largest absolute Gasteiger partial charge is 0.497 e. The van der Waals surface area contributed by atoms with Gasteiger partial charge in [0.2, 0.25) is 5.91 Å². The lowest BCUT2D eigenvalue weighted by atomic mass is 9.88. The Morgan fingerprint density at radius 1 is 1.23 bits per heavy atom. The lowest BCUT2D eigenvalue weighted by Crippen LogP contribution is -2.48. The van der Waals surface area contributed by atoms with Gasteiger partial charge in [0.25, 0.3) is 0 Å². The first-order valence-electron chi connectivity index (χ1n) is 11.2. The fourth-order valence-corrected chi connectivity index (χ4v) is 6.26. The topological polar surface area (TPSA) is 65.0 Å². The number of aliphatic hydroxyl groups is 1. The van der Waals surface area contributed by atoms with Crippen molar-refractivity contribution in [3.8, 4) is 5.75 Å². The SMILES string of the molecule is COc1cccc(C(c2c(NC(C)=O)sc3c2CCCC3)N2CCN(CCO)CC2)c1.